The highest BCUT2D eigenvalue weighted by molar-refractivity contribution is 6.31. The number of ether oxygens (including phenoxy) is 1. The molecule has 4 heteroatoms. The minimum absolute atomic E-state index is 0.0228. The van der Waals surface area contributed by atoms with Gasteiger partial charge >= 0.3 is 0 Å². The second-order valence-corrected chi connectivity index (χ2v) is 5.26. The fraction of sp³-hybridized carbons (Fsp3) is 0.267. The van der Waals surface area contributed by atoms with Gasteiger partial charge in [-0.15, -0.1) is 0 Å². The maximum Gasteiger partial charge on any atom is 0.217 e. The first-order valence-electron chi connectivity index (χ1n) is 6.24. The number of halogens is 1. The fourth-order valence-electron chi connectivity index (χ4n) is 2.56. The lowest BCUT2D eigenvalue weighted by Crippen LogP contribution is -2.41. The van der Waals surface area contributed by atoms with E-state index in [1.54, 1.807) is 0 Å². The second-order valence-electron chi connectivity index (χ2n) is 4.82. The Morgan fingerprint density at radius 1 is 1.37 bits per heavy atom. The van der Waals surface area contributed by atoms with Crippen LogP contribution < -0.4 is 10.1 Å². The van der Waals surface area contributed by atoms with Crippen molar-refractivity contribution in [3.05, 3.63) is 40.9 Å². The molecule has 1 N–H and O–H groups in total. The Hall–Kier alpha value is -1.74. The highest BCUT2D eigenvalue weighted by atomic mass is 35.5. The molecule has 19 heavy (non-hydrogen) atoms. The fourth-order valence-corrected chi connectivity index (χ4v) is 2.73. The lowest BCUT2D eigenvalue weighted by atomic mass is 9.96. The van der Waals surface area contributed by atoms with Crippen LogP contribution in [-0.2, 0) is 11.2 Å². The van der Waals surface area contributed by atoms with Crippen LogP contribution in [0.4, 0.5) is 0 Å². The van der Waals surface area contributed by atoms with Crippen molar-refractivity contribution in [2.24, 2.45) is 0 Å². The number of fused-ring (bicyclic) bond motifs is 3. The van der Waals surface area contributed by atoms with Gasteiger partial charge in [-0.25, -0.2) is 0 Å². The van der Waals surface area contributed by atoms with Crippen LogP contribution in [0.1, 0.15) is 12.5 Å². The Labute approximate surface area is 116 Å². The molecule has 0 spiro atoms. The van der Waals surface area contributed by atoms with Crippen molar-refractivity contribution < 1.29 is 9.53 Å². The molecule has 3 nitrogen and oxygen atoms in total. The summed E-state index contributed by atoms with van der Waals surface area (Å²) in [4.78, 5) is 11.2. The SMILES string of the molecule is CC(=O)NC1COc2ccc3ccc(Cl)cc3c2C1. The lowest BCUT2D eigenvalue weighted by molar-refractivity contribution is -0.119. The molecule has 1 aliphatic heterocycles. The summed E-state index contributed by atoms with van der Waals surface area (Å²) in [7, 11) is 0. The van der Waals surface area contributed by atoms with Gasteiger partial charge in [0.05, 0.1) is 6.04 Å². The number of benzene rings is 2. The van der Waals surface area contributed by atoms with Crippen LogP contribution in [0.15, 0.2) is 30.3 Å². The molecule has 2 aromatic rings. The number of amides is 1. The van der Waals surface area contributed by atoms with E-state index in [2.05, 4.69) is 5.32 Å². The van der Waals surface area contributed by atoms with E-state index in [0.29, 0.717) is 11.6 Å². The molecule has 2 aromatic carbocycles. The summed E-state index contributed by atoms with van der Waals surface area (Å²) in [5.74, 6) is 0.853. The molecule has 1 heterocycles. The Bertz CT molecular complexity index is 654. The summed E-state index contributed by atoms with van der Waals surface area (Å²) >= 11 is 6.07. The summed E-state index contributed by atoms with van der Waals surface area (Å²) in [5.41, 5.74) is 1.12. The first-order chi connectivity index (χ1) is 9.13. The zero-order valence-electron chi connectivity index (χ0n) is 10.6. The van der Waals surface area contributed by atoms with Crippen LogP contribution in [0, 0.1) is 0 Å². The number of rotatable bonds is 1. The van der Waals surface area contributed by atoms with E-state index in [1.807, 2.05) is 30.3 Å². The quantitative estimate of drug-likeness (QED) is 0.869. The molecule has 0 aromatic heterocycles. The normalized spacial score (nSPS) is 17.7. The highest BCUT2D eigenvalue weighted by Crippen LogP contribution is 2.33. The van der Waals surface area contributed by atoms with Crippen molar-refractivity contribution in [3.63, 3.8) is 0 Å². The maximum absolute atomic E-state index is 11.2. The first-order valence-corrected chi connectivity index (χ1v) is 6.62. The van der Waals surface area contributed by atoms with Gasteiger partial charge in [0.1, 0.15) is 12.4 Å². The predicted octanol–water partition coefficient (Wildman–Crippen LogP) is 2.93. The van der Waals surface area contributed by atoms with Gasteiger partial charge in [-0.1, -0.05) is 23.7 Å². The molecule has 1 aliphatic rings. The molecule has 0 aliphatic carbocycles. The van der Waals surface area contributed by atoms with E-state index >= 15 is 0 Å². The molecular formula is C15H14ClNO2. The van der Waals surface area contributed by atoms with Crippen LogP contribution in [0.3, 0.4) is 0 Å². The Morgan fingerprint density at radius 2 is 2.16 bits per heavy atom. The molecule has 0 fully saturated rings. The Morgan fingerprint density at radius 3 is 2.95 bits per heavy atom. The van der Waals surface area contributed by atoms with Gasteiger partial charge in [-0.3, -0.25) is 4.79 Å². The van der Waals surface area contributed by atoms with Crippen LogP contribution in [0.25, 0.3) is 10.8 Å². The highest BCUT2D eigenvalue weighted by Gasteiger charge is 2.22. The number of nitrogens with one attached hydrogen (secondary N) is 1. The molecule has 0 bridgehead atoms. The van der Waals surface area contributed by atoms with Crippen LogP contribution >= 0.6 is 11.6 Å². The monoisotopic (exact) mass is 275 g/mol. The van der Waals surface area contributed by atoms with E-state index in [-0.39, 0.29) is 11.9 Å². The number of carbonyl (C=O) groups is 1. The van der Waals surface area contributed by atoms with Crippen molar-refractivity contribution >= 4 is 28.3 Å². The Kier molecular flexibility index (Phi) is 3.07. The molecule has 3 rings (SSSR count). The second kappa shape index (κ2) is 4.74. The van der Waals surface area contributed by atoms with Gasteiger partial charge in [0.15, 0.2) is 0 Å². The summed E-state index contributed by atoms with van der Waals surface area (Å²) in [5, 5.41) is 5.85. The van der Waals surface area contributed by atoms with Gasteiger partial charge in [0.25, 0.3) is 0 Å². The predicted molar refractivity (Wildman–Crippen MR) is 75.8 cm³/mol. The number of hydrogen-bond acceptors (Lipinski definition) is 2. The minimum Gasteiger partial charge on any atom is -0.491 e. The van der Waals surface area contributed by atoms with Crippen LogP contribution in [0.5, 0.6) is 5.75 Å². The summed E-state index contributed by atoms with van der Waals surface area (Å²) in [6.07, 6.45) is 0.770. The van der Waals surface area contributed by atoms with Crippen molar-refractivity contribution in [1.29, 1.82) is 0 Å². The third-order valence-corrected chi connectivity index (χ3v) is 3.59. The standard InChI is InChI=1S/C15H14ClNO2/c1-9(18)17-12-7-14-13-6-11(16)4-2-10(13)3-5-15(14)19-8-12/h2-6,12H,7-8H2,1H3,(H,17,18). The molecule has 0 saturated heterocycles. The van der Waals surface area contributed by atoms with Crippen molar-refractivity contribution in [2.45, 2.75) is 19.4 Å². The summed E-state index contributed by atoms with van der Waals surface area (Å²) in [6.45, 7) is 2.04. The number of carbonyl (C=O) groups excluding carboxylic acids is 1. The van der Waals surface area contributed by atoms with Crippen LogP contribution in [0.2, 0.25) is 5.02 Å². The molecule has 1 amide bonds. The molecular weight excluding hydrogens is 262 g/mol. The van der Waals surface area contributed by atoms with E-state index in [4.69, 9.17) is 16.3 Å². The van der Waals surface area contributed by atoms with Gasteiger partial charge in [0.2, 0.25) is 5.91 Å². The lowest BCUT2D eigenvalue weighted by Gasteiger charge is -2.26. The largest absolute Gasteiger partial charge is 0.491 e. The van der Waals surface area contributed by atoms with Crippen molar-refractivity contribution in [2.75, 3.05) is 6.61 Å². The minimum atomic E-state index is -0.0321. The van der Waals surface area contributed by atoms with E-state index in [9.17, 15) is 4.79 Å². The van der Waals surface area contributed by atoms with Gasteiger partial charge in [0, 0.05) is 23.9 Å². The maximum atomic E-state index is 11.2. The molecule has 0 saturated carbocycles. The number of hydrogen-bond donors (Lipinski definition) is 1. The molecule has 1 atom stereocenters. The molecule has 98 valence electrons. The van der Waals surface area contributed by atoms with Crippen molar-refractivity contribution in [1.82, 2.24) is 5.32 Å². The first kappa shape index (κ1) is 12.3. The molecule has 1 unspecified atom stereocenters. The van der Waals surface area contributed by atoms with E-state index < -0.39 is 0 Å². The van der Waals surface area contributed by atoms with E-state index in [1.165, 1.54) is 6.92 Å². The Balaban J connectivity index is 2.05. The van der Waals surface area contributed by atoms with Crippen LogP contribution in [-0.4, -0.2) is 18.6 Å². The van der Waals surface area contributed by atoms with Gasteiger partial charge in [-0.2, -0.15) is 0 Å². The third-order valence-electron chi connectivity index (χ3n) is 3.35. The summed E-state index contributed by atoms with van der Waals surface area (Å²) in [6, 6.07) is 9.87. The zero-order chi connectivity index (χ0) is 13.4. The summed E-state index contributed by atoms with van der Waals surface area (Å²) < 4.78 is 5.73. The van der Waals surface area contributed by atoms with Gasteiger partial charge in [-0.05, 0) is 29.0 Å². The van der Waals surface area contributed by atoms with E-state index in [0.717, 1.165) is 28.5 Å². The third kappa shape index (κ3) is 2.38. The topological polar surface area (TPSA) is 38.3 Å². The average Bonchev–Trinajstić information content (AvgIpc) is 2.38. The van der Waals surface area contributed by atoms with Gasteiger partial charge < -0.3 is 10.1 Å². The zero-order valence-corrected chi connectivity index (χ0v) is 11.3. The molecule has 0 radical (unpaired) electrons. The average molecular weight is 276 g/mol. The smallest absolute Gasteiger partial charge is 0.217 e. The van der Waals surface area contributed by atoms with Crippen molar-refractivity contribution in [3.8, 4) is 5.75 Å².